The van der Waals surface area contributed by atoms with Gasteiger partial charge >= 0.3 is 0 Å². The van der Waals surface area contributed by atoms with Crippen molar-refractivity contribution in [2.24, 2.45) is 0 Å². The zero-order valence-corrected chi connectivity index (χ0v) is 16.9. The lowest BCUT2D eigenvalue weighted by Crippen LogP contribution is -2.19. The molecule has 1 aromatic heterocycles. The molecule has 0 unspecified atom stereocenters. The summed E-state index contributed by atoms with van der Waals surface area (Å²) in [5, 5.41) is 6.77. The number of aromatic nitrogens is 2. The molecule has 6 nitrogen and oxygen atoms in total. The Labute approximate surface area is 189 Å². The van der Waals surface area contributed by atoms with Gasteiger partial charge in [0.15, 0.2) is 0 Å². The van der Waals surface area contributed by atoms with Crippen LogP contribution < -0.4 is 10.1 Å². The molecule has 0 aliphatic heterocycles. The van der Waals surface area contributed by atoms with E-state index in [1.807, 2.05) is 0 Å². The molecule has 0 saturated carbocycles. The largest absolute Gasteiger partial charge is 0.502 e. The van der Waals surface area contributed by atoms with Crippen molar-refractivity contribution in [2.45, 2.75) is 52.1 Å². The molecule has 0 saturated heterocycles. The van der Waals surface area contributed by atoms with Crippen LogP contribution in [-0.2, 0) is 6.42 Å². The molecule has 1 atom stereocenters. The zero-order chi connectivity index (χ0) is 29.0. The number of fused-ring (bicyclic) bond motifs is 1. The highest BCUT2D eigenvalue weighted by Crippen LogP contribution is 2.38. The molecule has 6 heteroatoms. The summed E-state index contributed by atoms with van der Waals surface area (Å²) in [5.41, 5.74) is 0.0397. The Morgan fingerprint density at radius 3 is 3.07 bits per heavy atom. The quantitative estimate of drug-likeness (QED) is 0.503. The Morgan fingerprint density at radius 2 is 2.30 bits per heavy atom. The summed E-state index contributed by atoms with van der Waals surface area (Å²) < 4.78 is 86.0. The summed E-state index contributed by atoms with van der Waals surface area (Å²) in [6.07, 6.45) is -1.64. The van der Waals surface area contributed by atoms with Crippen molar-refractivity contribution < 1.29 is 21.6 Å². The molecule has 1 aliphatic carbocycles. The van der Waals surface area contributed by atoms with Crippen LogP contribution >= 0.6 is 0 Å². The lowest BCUT2D eigenvalue weighted by molar-refractivity contribution is 0.244. The third-order valence-electron chi connectivity index (χ3n) is 4.47. The van der Waals surface area contributed by atoms with Crippen LogP contribution in [0.1, 0.15) is 63.0 Å². The Morgan fingerprint density at radius 1 is 1.43 bits per heavy atom. The van der Waals surface area contributed by atoms with Crippen LogP contribution in [0.15, 0.2) is 40.8 Å². The number of hydrogen-bond donors (Lipinski definition) is 1. The highest BCUT2D eigenvalue weighted by Gasteiger charge is 2.26. The molecule has 0 amide bonds. The van der Waals surface area contributed by atoms with Gasteiger partial charge in [-0.3, -0.25) is 0 Å². The average Bonchev–Trinajstić information content (AvgIpc) is 3.45. The molecule has 3 aromatic rings. The molecular formula is C24H26N4O2. The van der Waals surface area contributed by atoms with Gasteiger partial charge in [-0.1, -0.05) is 30.2 Å². The molecule has 2 aromatic carbocycles. The summed E-state index contributed by atoms with van der Waals surface area (Å²) in [7, 11) is 0. The van der Waals surface area contributed by atoms with Gasteiger partial charge < -0.3 is 14.6 Å². The Hall–Kier alpha value is -3.17. The van der Waals surface area contributed by atoms with E-state index in [1.165, 1.54) is 6.92 Å². The van der Waals surface area contributed by atoms with Gasteiger partial charge in [-0.2, -0.15) is 4.98 Å². The van der Waals surface area contributed by atoms with Crippen LogP contribution in [0.4, 0.5) is 5.69 Å². The number of hydrogen-bond acceptors (Lipinski definition) is 5. The van der Waals surface area contributed by atoms with Crippen LogP contribution in [0.2, 0.25) is 0 Å². The molecule has 0 radical (unpaired) electrons. The standard InChI is InChI=1S/C24H26N4O2/c1-5-13-26-20-11-10-17-18(20)7-6-8-19(17)23-27-24(30-28-23)16-9-12-22(29-15(2)3)21(14-16)25-4/h6-9,12,14-15,20,26H,5,10-11,13H2,1-3H3/t20-/m0/s1/i5D2,6D,7D,8D,9D,12D,14D,20D. The molecule has 1 aliphatic rings. The molecule has 0 fully saturated rings. The minimum absolute atomic E-state index is 0.0609. The third kappa shape index (κ3) is 3.94. The highest BCUT2D eigenvalue weighted by molar-refractivity contribution is 5.70. The Balaban J connectivity index is 1.87. The van der Waals surface area contributed by atoms with E-state index in [-0.39, 0.29) is 71.3 Å². The van der Waals surface area contributed by atoms with Crippen molar-refractivity contribution in [1.82, 2.24) is 15.5 Å². The summed E-state index contributed by atoms with van der Waals surface area (Å²) in [5.74, 6) is -0.686. The topological polar surface area (TPSA) is 64.5 Å². The number of benzene rings is 2. The fraction of sp³-hybridized carbons (Fsp3) is 0.375. The highest BCUT2D eigenvalue weighted by atomic mass is 16.5. The monoisotopic (exact) mass is 411 g/mol. The van der Waals surface area contributed by atoms with Gasteiger partial charge in [0.1, 0.15) is 5.75 Å². The van der Waals surface area contributed by atoms with Crippen molar-refractivity contribution in [3.8, 4) is 28.6 Å². The van der Waals surface area contributed by atoms with Gasteiger partial charge in [0.05, 0.1) is 20.9 Å². The molecule has 1 heterocycles. The molecule has 30 heavy (non-hydrogen) atoms. The number of nitrogens with zero attached hydrogens (tertiary/aromatic N) is 3. The van der Waals surface area contributed by atoms with Gasteiger partial charge in [-0.25, -0.2) is 4.85 Å². The third-order valence-corrected chi connectivity index (χ3v) is 4.47. The maximum absolute atomic E-state index is 8.93. The van der Waals surface area contributed by atoms with E-state index in [1.54, 1.807) is 13.8 Å². The van der Waals surface area contributed by atoms with Crippen LogP contribution in [0.5, 0.6) is 5.75 Å². The smallest absolute Gasteiger partial charge is 0.256 e. The predicted molar refractivity (Wildman–Crippen MR) is 117 cm³/mol. The van der Waals surface area contributed by atoms with Crippen LogP contribution in [0, 0.1) is 6.57 Å². The van der Waals surface area contributed by atoms with Gasteiger partial charge in [0.2, 0.25) is 11.5 Å². The zero-order valence-electron chi connectivity index (χ0n) is 25.9. The first-order valence-electron chi connectivity index (χ1n) is 14.0. The lowest BCUT2D eigenvalue weighted by atomic mass is 10.0. The fourth-order valence-electron chi connectivity index (χ4n) is 3.20. The molecule has 154 valence electrons. The first kappa shape index (κ1) is 11.9. The molecule has 0 bridgehead atoms. The molecular weight excluding hydrogens is 376 g/mol. The molecule has 0 spiro atoms. The summed E-state index contributed by atoms with van der Waals surface area (Å²) in [4.78, 5) is 7.59. The molecule has 1 N–H and O–H groups in total. The minimum Gasteiger partial charge on any atom is -0.502 e. The maximum Gasteiger partial charge on any atom is 0.256 e. The van der Waals surface area contributed by atoms with E-state index in [0.717, 1.165) is 0 Å². The van der Waals surface area contributed by atoms with Gasteiger partial charge in [-0.15, -0.1) is 0 Å². The Kier molecular flexibility index (Phi) is 3.44. The first-order valence-corrected chi connectivity index (χ1v) is 9.51. The second kappa shape index (κ2) is 8.68. The SMILES string of the molecule is [2H]c1c([2H])c(-c2noc(-c3c([2H])c([2H])c(OC(C)C)c([N+]#[C-])c3[2H])n2)c2c(c1[2H])[C@@]([2H])(NCC([2H])([2H])C)CC2. The van der Waals surface area contributed by atoms with Crippen molar-refractivity contribution in [3.63, 3.8) is 0 Å². The lowest BCUT2D eigenvalue weighted by Gasteiger charge is -2.13. The number of rotatable bonds is 7. The minimum atomic E-state index is -1.62. The normalized spacial score (nSPS) is 22.4. The van der Waals surface area contributed by atoms with Crippen molar-refractivity contribution in [1.29, 1.82) is 0 Å². The van der Waals surface area contributed by atoms with E-state index in [9.17, 15) is 0 Å². The van der Waals surface area contributed by atoms with E-state index in [0.29, 0.717) is 5.56 Å². The molecule has 4 rings (SSSR count). The fourth-order valence-corrected chi connectivity index (χ4v) is 3.20. The second-order valence-corrected chi connectivity index (χ2v) is 6.92. The van der Waals surface area contributed by atoms with Gasteiger partial charge in [-0.05, 0) is 68.9 Å². The van der Waals surface area contributed by atoms with E-state index < -0.39 is 42.7 Å². The predicted octanol–water partition coefficient (Wildman–Crippen LogP) is 5.73. The van der Waals surface area contributed by atoms with Crippen LogP contribution in [-0.4, -0.2) is 22.8 Å². The summed E-state index contributed by atoms with van der Waals surface area (Å²) >= 11 is 0. The van der Waals surface area contributed by atoms with E-state index in [4.69, 9.17) is 28.2 Å². The second-order valence-electron chi connectivity index (χ2n) is 6.92. The summed E-state index contributed by atoms with van der Waals surface area (Å²) in [6.45, 7) is 12.1. The number of nitrogens with one attached hydrogen (secondary N) is 1. The van der Waals surface area contributed by atoms with Crippen LogP contribution in [0.25, 0.3) is 27.7 Å². The van der Waals surface area contributed by atoms with E-state index >= 15 is 0 Å². The van der Waals surface area contributed by atoms with Crippen molar-refractivity contribution >= 4 is 5.69 Å². The summed E-state index contributed by atoms with van der Waals surface area (Å²) in [6, 6.07) is -4.02. The average molecular weight is 412 g/mol. The van der Waals surface area contributed by atoms with Gasteiger partial charge in [0.25, 0.3) is 5.89 Å². The van der Waals surface area contributed by atoms with Crippen molar-refractivity contribution in [2.75, 3.05) is 6.54 Å². The Bertz CT molecular complexity index is 1510. The van der Waals surface area contributed by atoms with Crippen molar-refractivity contribution in [3.05, 3.63) is 58.8 Å². The maximum atomic E-state index is 8.93. The van der Waals surface area contributed by atoms with Crippen LogP contribution in [0.3, 0.4) is 0 Å². The van der Waals surface area contributed by atoms with E-state index in [2.05, 4.69) is 20.3 Å². The first-order chi connectivity index (χ1) is 18.1. The van der Waals surface area contributed by atoms with Gasteiger partial charge in [0, 0.05) is 21.3 Å². The number of ether oxygens (including phenoxy) is 1.